The van der Waals surface area contributed by atoms with Gasteiger partial charge in [-0.1, -0.05) is 116 Å². The van der Waals surface area contributed by atoms with Gasteiger partial charge >= 0.3 is 0 Å². The summed E-state index contributed by atoms with van der Waals surface area (Å²) >= 11 is 0. The highest BCUT2D eigenvalue weighted by Gasteiger charge is 2.28. The predicted octanol–water partition coefficient (Wildman–Crippen LogP) is 12.1. The van der Waals surface area contributed by atoms with E-state index in [-0.39, 0.29) is 0 Å². The molecule has 3 heteroatoms. The molecule has 5 aromatic rings. The summed E-state index contributed by atoms with van der Waals surface area (Å²) in [6.45, 7) is 6.55. The molecule has 0 saturated carbocycles. The first kappa shape index (κ1) is 31.2. The fourth-order valence-corrected chi connectivity index (χ4v) is 8.24. The van der Waals surface area contributed by atoms with Crippen LogP contribution in [0.1, 0.15) is 67.0 Å². The fraction of sp³-hybridized carbons (Fsp3) is 0.167. The number of aliphatic imine (C=N–C) groups is 2. The van der Waals surface area contributed by atoms with E-state index in [0.29, 0.717) is 0 Å². The lowest BCUT2D eigenvalue weighted by molar-refractivity contribution is 0.962. The maximum absolute atomic E-state index is 5.28. The molecule has 4 aromatic carbocycles. The van der Waals surface area contributed by atoms with Crippen molar-refractivity contribution in [3.8, 4) is 27.9 Å². The highest BCUT2D eigenvalue weighted by molar-refractivity contribution is 6.14. The Morgan fingerprint density at radius 2 is 1.53 bits per heavy atom. The number of aryl methyl sites for hydroxylation is 1. The van der Waals surface area contributed by atoms with Crippen molar-refractivity contribution in [3.05, 3.63) is 179 Å². The van der Waals surface area contributed by atoms with Crippen molar-refractivity contribution < 1.29 is 0 Å². The first-order chi connectivity index (χ1) is 25.1. The lowest BCUT2D eigenvalue weighted by atomic mass is 9.98. The molecule has 4 aliphatic rings. The standard InChI is InChI=1S/C48H41N3/c1-32(34-16-6-3-7-17-34)49-48(50-33(2)35-18-8-4-9-19-35)41-25-14-23-38-39-24-15-27-46(44(39)31-42(38)41)51-45-26-13-12-22-40(45)43-30-37(28-29-47(43)51)36-20-10-5-11-21-36/h3,5-6,8,10-11,13-16,18-21,23-30H,1,4,7,9,12,17,22,31H2,2H3. The summed E-state index contributed by atoms with van der Waals surface area (Å²) in [5.41, 5.74) is 18.1. The minimum absolute atomic E-state index is 0.735. The number of fused-ring (bicyclic) bond motifs is 6. The third-order valence-corrected chi connectivity index (χ3v) is 10.8. The lowest BCUT2D eigenvalue weighted by Gasteiger charge is -2.16. The lowest BCUT2D eigenvalue weighted by Crippen LogP contribution is -2.09. The topological polar surface area (TPSA) is 29.6 Å². The third-order valence-electron chi connectivity index (χ3n) is 10.8. The number of aromatic nitrogens is 1. The molecule has 248 valence electrons. The maximum Gasteiger partial charge on any atom is 0.160 e. The van der Waals surface area contributed by atoms with E-state index in [9.17, 15) is 0 Å². The van der Waals surface area contributed by atoms with Gasteiger partial charge < -0.3 is 4.57 Å². The molecule has 4 aliphatic carbocycles. The zero-order valence-electron chi connectivity index (χ0n) is 29.2. The Balaban J connectivity index is 1.18. The van der Waals surface area contributed by atoms with Crippen LogP contribution in [-0.2, 0) is 12.8 Å². The van der Waals surface area contributed by atoms with Crippen LogP contribution >= 0.6 is 0 Å². The van der Waals surface area contributed by atoms with Crippen LogP contribution in [0, 0.1) is 0 Å². The minimum atomic E-state index is 0.735. The van der Waals surface area contributed by atoms with Crippen molar-refractivity contribution in [1.29, 1.82) is 0 Å². The molecule has 0 bridgehead atoms. The molecule has 9 rings (SSSR count). The number of hydrogen-bond donors (Lipinski definition) is 0. The second kappa shape index (κ2) is 13.2. The number of allylic oxidation sites excluding steroid dienone is 9. The molecule has 0 fully saturated rings. The van der Waals surface area contributed by atoms with Gasteiger partial charge in [-0.3, -0.25) is 0 Å². The number of rotatable bonds is 6. The first-order valence-corrected chi connectivity index (χ1v) is 18.3. The Kier molecular flexibility index (Phi) is 8.05. The van der Waals surface area contributed by atoms with Crippen molar-refractivity contribution >= 4 is 28.5 Å². The molecular weight excluding hydrogens is 619 g/mol. The summed E-state index contributed by atoms with van der Waals surface area (Å²) in [7, 11) is 0. The van der Waals surface area contributed by atoms with E-state index in [1.807, 2.05) is 0 Å². The molecule has 0 unspecified atom stereocenters. The SMILES string of the molecule is C=C(N=C(N=C(C)C1=CCCC=C1)c1cccc2c1Cc1c-2cccc1-n1c2c(c3cc(-c4ccccc4)ccc31)CCC=C2)C1=CC=CCC1. The molecule has 1 aromatic heterocycles. The number of hydrogen-bond acceptors (Lipinski definition) is 1. The third kappa shape index (κ3) is 5.63. The average molecular weight is 660 g/mol. The largest absolute Gasteiger partial charge is 0.309 e. The van der Waals surface area contributed by atoms with E-state index in [2.05, 4.69) is 152 Å². The molecule has 0 spiro atoms. The number of nitrogens with zero attached hydrogens (tertiary/aromatic N) is 3. The maximum atomic E-state index is 5.28. The van der Waals surface area contributed by atoms with E-state index in [4.69, 9.17) is 9.98 Å². The normalized spacial score (nSPS) is 16.5. The van der Waals surface area contributed by atoms with E-state index in [1.54, 1.807) is 0 Å². The van der Waals surface area contributed by atoms with Gasteiger partial charge in [-0.05, 0) is 120 Å². The molecule has 0 aliphatic heterocycles. The number of amidine groups is 1. The van der Waals surface area contributed by atoms with E-state index < -0.39 is 0 Å². The van der Waals surface area contributed by atoms with Crippen molar-refractivity contribution in [2.45, 2.75) is 51.9 Å². The zero-order chi connectivity index (χ0) is 34.3. The smallest absolute Gasteiger partial charge is 0.160 e. The van der Waals surface area contributed by atoms with Crippen LogP contribution in [0.25, 0.3) is 44.9 Å². The predicted molar refractivity (Wildman–Crippen MR) is 216 cm³/mol. The van der Waals surface area contributed by atoms with Crippen LogP contribution < -0.4 is 0 Å². The quantitative estimate of drug-likeness (QED) is 0.126. The Bertz CT molecular complexity index is 2450. The first-order valence-electron chi connectivity index (χ1n) is 18.3. The van der Waals surface area contributed by atoms with Gasteiger partial charge in [0.1, 0.15) is 0 Å². The van der Waals surface area contributed by atoms with Gasteiger partial charge in [0.2, 0.25) is 0 Å². The second-order valence-electron chi connectivity index (χ2n) is 13.9. The van der Waals surface area contributed by atoms with Gasteiger partial charge in [-0.25, -0.2) is 9.98 Å². The van der Waals surface area contributed by atoms with Crippen molar-refractivity contribution in [2.24, 2.45) is 9.98 Å². The van der Waals surface area contributed by atoms with Gasteiger partial charge in [-0.2, -0.15) is 0 Å². The van der Waals surface area contributed by atoms with Crippen LogP contribution in [-0.4, -0.2) is 16.1 Å². The van der Waals surface area contributed by atoms with Gasteiger partial charge in [0, 0.05) is 28.8 Å². The Labute approximate surface area is 300 Å². The fourth-order valence-electron chi connectivity index (χ4n) is 8.24. The summed E-state index contributed by atoms with van der Waals surface area (Å²) in [6.07, 6.45) is 24.8. The zero-order valence-corrected chi connectivity index (χ0v) is 29.2. The Hall–Kier alpha value is -5.80. The Morgan fingerprint density at radius 1 is 0.706 bits per heavy atom. The summed E-state index contributed by atoms with van der Waals surface area (Å²) < 4.78 is 2.52. The van der Waals surface area contributed by atoms with Crippen LogP contribution in [0.5, 0.6) is 0 Å². The average Bonchev–Trinajstić information content (AvgIpc) is 3.74. The Morgan fingerprint density at radius 3 is 2.35 bits per heavy atom. The molecule has 0 saturated heterocycles. The summed E-state index contributed by atoms with van der Waals surface area (Å²) in [6, 6.07) is 31.2. The molecular formula is C48H41N3. The summed E-state index contributed by atoms with van der Waals surface area (Å²) in [4.78, 5) is 10.5. The minimum Gasteiger partial charge on any atom is -0.309 e. The summed E-state index contributed by atoms with van der Waals surface area (Å²) in [5.74, 6) is 0.735. The number of benzene rings is 4. The molecule has 0 amide bonds. The van der Waals surface area contributed by atoms with Gasteiger partial charge in [-0.15, -0.1) is 0 Å². The van der Waals surface area contributed by atoms with Gasteiger partial charge in [0.15, 0.2) is 5.84 Å². The van der Waals surface area contributed by atoms with Crippen LogP contribution in [0.15, 0.2) is 161 Å². The van der Waals surface area contributed by atoms with Crippen LogP contribution in [0.3, 0.4) is 0 Å². The molecule has 1 heterocycles. The van der Waals surface area contributed by atoms with Gasteiger partial charge in [0.25, 0.3) is 0 Å². The van der Waals surface area contributed by atoms with Crippen molar-refractivity contribution in [3.63, 3.8) is 0 Å². The van der Waals surface area contributed by atoms with Gasteiger partial charge in [0.05, 0.1) is 16.9 Å². The molecule has 0 N–H and O–H groups in total. The molecule has 3 nitrogen and oxygen atoms in total. The van der Waals surface area contributed by atoms with Crippen LogP contribution in [0.2, 0.25) is 0 Å². The molecule has 51 heavy (non-hydrogen) atoms. The van der Waals surface area contributed by atoms with E-state index in [1.165, 1.54) is 72.4 Å². The van der Waals surface area contributed by atoms with E-state index in [0.717, 1.165) is 67.8 Å². The summed E-state index contributed by atoms with van der Waals surface area (Å²) in [5, 5.41) is 1.35. The van der Waals surface area contributed by atoms with Crippen LogP contribution in [0.4, 0.5) is 0 Å². The second-order valence-corrected chi connectivity index (χ2v) is 13.9. The molecule has 0 radical (unpaired) electrons. The highest BCUT2D eigenvalue weighted by Crippen LogP contribution is 2.44. The monoisotopic (exact) mass is 659 g/mol. The van der Waals surface area contributed by atoms with Crippen molar-refractivity contribution in [1.82, 2.24) is 4.57 Å². The highest BCUT2D eigenvalue weighted by atomic mass is 15.0. The molecule has 0 atom stereocenters. The van der Waals surface area contributed by atoms with E-state index >= 15 is 0 Å². The van der Waals surface area contributed by atoms with Crippen molar-refractivity contribution in [2.75, 3.05) is 0 Å².